The highest BCUT2D eigenvalue weighted by atomic mass is 31.0. The van der Waals surface area contributed by atoms with E-state index >= 15 is 0 Å². The van der Waals surface area contributed by atoms with E-state index in [4.69, 9.17) is 0 Å². The van der Waals surface area contributed by atoms with Gasteiger partial charge in [-0.3, -0.25) is 0 Å². The number of rotatable bonds is 1. The summed E-state index contributed by atoms with van der Waals surface area (Å²) in [6.07, 6.45) is 4.58. The van der Waals surface area contributed by atoms with E-state index in [1.54, 1.807) is 0 Å². The predicted molar refractivity (Wildman–Crippen MR) is 34.3 cm³/mol. The third kappa shape index (κ3) is 0.700. The van der Waals surface area contributed by atoms with Gasteiger partial charge in [-0.15, -0.1) is 9.24 Å². The first kappa shape index (κ1) is 4.32. The molecule has 2 saturated carbocycles. The van der Waals surface area contributed by atoms with Gasteiger partial charge >= 0.3 is 0 Å². The van der Waals surface area contributed by atoms with Crippen LogP contribution in [0.4, 0.5) is 0 Å². The molecule has 0 radical (unpaired) electrons. The number of hydrogen-bond donors (Lipinski definition) is 0. The molecule has 40 valence electrons. The molecule has 2 aliphatic rings. The van der Waals surface area contributed by atoms with Crippen molar-refractivity contribution in [1.82, 2.24) is 0 Å². The van der Waals surface area contributed by atoms with Gasteiger partial charge in [-0.1, -0.05) is 0 Å². The summed E-state index contributed by atoms with van der Waals surface area (Å²) in [7, 11) is 2.92. The van der Waals surface area contributed by atoms with Crippen LogP contribution in [-0.2, 0) is 0 Å². The molecule has 0 aliphatic heterocycles. The normalized spacial score (nSPS) is 49.3. The fraction of sp³-hybridized carbons (Fsp3) is 1.00. The van der Waals surface area contributed by atoms with Crippen LogP contribution in [0.15, 0.2) is 0 Å². The maximum absolute atomic E-state index is 2.92. The second-order valence-electron chi connectivity index (χ2n) is 2.90. The van der Waals surface area contributed by atoms with E-state index in [0.717, 1.165) is 11.6 Å². The minimum Gasteiger partial charge on any atom is -0.134 e. The van der Waals surface area contributed by atoms with E-state index in [0.29, 0.717) is 0 Å². The third-order valence-electron chi connectivity index (χ3n) is 2.12. The predicted octanol–water partition coefficient (Wildman–Crippen LogP) is 1.66. The molecule has 3 unspecified atom stereocenters. The van der Waals surface area contributed by atoms with Crippen molar-refractivity contribution >= 4 is 9.24 Å². The fourth-order valence-corrected chi connectivity index (χ4v) is 1.93. The molecule has 0 bridgehead atoms. The van der Waals surface area contributed by atoms with Gasteiger partial charge in [-0.25, -0.2) is 0 Å². The van der Waals surface area contributed by atoms with Gasteiger partial charge in [0.05, 0.1) is 0 Å². The molecule has 1 heteroatoms. The van der Waals surface area contributed by atoms with Crippen molar-refractivity contribution in [3.8, 4) is 0 Å². The van der Waals surface area contributed by atoms with Gasteiger partial charge in [0.1, 0.15) is 0 Å². The summed E-state index contributed by atoms with van der Waals surface area (Å²) < 4.78 is 0. The second kappa shape index (κ2) is 1.23. The van der Waals surface area contributed by atoms with Crippen LogP contribution in [0.2, 0.25) is 0 Å². The summed E-state index contributed by atoms with van der Waals surface area (Å²) in [6, 6.07) is 0. The van der Waals surface area contributed by atoms with E-state index in [1.165, 1.54) is 25.2 Å². The van der Waals surface area contributed by atoms with Gasteiger partial charge in [0.25, 0.3) is 0 Å². The van der Waals surface area contributed by atoms with E-state index in [9.17, 15) is 0 Å². The highest BCUT2D eigenvalue weighted by molar-refractivity contribution is 7.18. The first-order valence-electron chi connectivity index (χ1n) is 3.13. The first-order valence-corrected chi connectivity index (χ1v) is 3.80. The lowest BCUT2D eigenvalue weighted by atomic mass is 10.3. The zero-order chi connectivity index (χ0) is 4.85. The molecule has 7 heavy (non-hydrogen) atoms. The summed E-state index contributed by atoms with van der Waals surface area (Å²) in [6.45, 7) is 0. The van der Waals surface area contributed by atoms with Gasteiger partial charge in [0.15, 0.2) is 0 Å². The molecule has 0 aromatic carbocycles. The summed E-state index contributed by atoms with van der Waals surface area (Å²) in [5.74, 6) is 2.31. The van der Waals surface area contributed by atoms with E-state index in [1.807, 2.05) is 0 Å². The van der Waals surface area contributed by atoms with Crippen LogP contribution in [0.3, 0.4) is 0 Å². The minimum atomic E-state index is 1.02. The van der Waals surface area contributed by atoms with Crippen LogP contribution in [0.1, 0.15) is 19.3 Å². The SMILES string of the molecule is PC1CC1C1CC1. The van der Waals surface area contributed by atoms with Crippen molar-refractivity contribution in [2.24, 2.45) is 11.8 Å². The van der Waals surface area contributed by atoms with Crippen LogP contribution < -0.4 is 0 Å². The molecule has 2 fully saturated rings. The molecule has 0 aromatic heterocycles. The van der Waals surface area contributed by atoms with Crippen LogP contribution in [0.5, 0.6) is 0 Å². The van der Waals surface area contributed by atoms with Gasteiger partial charge in [-0.2, -0.15) is 0 Å². The van der Waals surface area contributed by atoms with Crippen LogP contribution in [0.25, 0.3) is 0 Å². The lowest BCUT2D eigenvalue weighted by Crippen LogP contribution is -1.78. The highest BCUT2D eigenvalue weighted by Gasteiger charge is 2.44. The van der Waals surface area contributed by atoms with Crippen molar-refractivity contribution in [2.45, 2.75) is 24.9 Å². The molecular weight excluding hydrogens is 103 g/mol. The summed E-state index contributed by atoms with van der Waals surface area (Å²) in [4.78, 5) is 0. The van der Waals surface area contributed by atoms with Gasteiger partial charge < -0.3 is 0 Å². The monoisotopic (exact) mass is 114 g/mol. The Balaban J connectivity index is 1.88. The first-order chi connectivity index (χ1) is 3.38. The Hall–Kier alpha value is 0.430. The molecular formula is C6H11P. The Labute approximate surface area is 46.9 Å². The second-order valence-corrected chi connectivity index (χ2v) is 3.76. The Morgan fingerprint density at radius 2 is 1.86 bits per heavy atom. The average Bonchev–Trinajstić information content (AvgIpc) is 2.23. The molecule has 0 nitrogen and oxygen atoms in total. The summed E-state index contributed by atoms with van der Waals surface area (Å²) >= 11 is 0. The Kier molecular flexibility index (Phi) is 0.758. The minimum absolute atomic E-state index is 1.02. The Morgan fingerprint density at radius 1 is 1.29 bits per heavy atom. The maximum Gasteiger partial charge on any atom is -0.0230 e. The molecule has 0 heterocycles. The molecule has 0 amide bonds. The van der Waals surface area contributed by atoms with E-state index in [2.05, 4.69) is 9.24 Å². The fourth-order valence-electron chi connectivity index (χ4n) is 1.30. The molecule has 0 spiro atoms. The Bertz CT molecular complexity index is 86.2. The van der Waals surface area contributed by atoms with Crippen molar-refractivity contribution in [1.29, 1.82) is 0 Å². The molecule has 0 aromatic rings. The molecule has 0 saturated heterocycles. The lowest BCUT2D eigenvalue weighted by Gasteiger charge is -1.82. The van der Waals surface area contributed by atoms with Gasteiger partial charge in [-0.05, 0) is 36.8 Å². The third-order valence-corrected chi connectivity index (χ3v) is 2.89. The van der Waals surface area contributed by atoms with Gasteiger partial charge in [0, 0.05) is 0 Å². The van der Waals surface area contributed by atoms with Crippen molar-refractivity contribution in [3.05, 3.63) is 0 Å². The van der Waals surface area contributed by atoms with Crippen molar-refractivity contribution in [2.75, 3.05) is 0 Å². The Morgan fingerprint density at radius 3 is 2.00 bits per heavy atom. The van der Waals surface area contributed by atoms with E-state index < -0.39 is 0 Å². The number of hydrogen-bond acceptors (Lipinski definition) is 0. The molecule has 3 atom stereocenters. The van der Waals surface area contributed by atoms with Crippen molar-refractivity contribution in [3.63, 3.8) is 0 Å². The lowest BCUT2D eigenvalue weighted by molar-refractivity contribution is 0.719. The maximum atomic E-state index is 2.92. The van der Waals surface area contributed by atoms with Gasteiger partial charge in [0.2, 0.25) is 0 Å². The topological polar surface area (TPSA) is 0 Å². The summed E-state index contributed by atoms with van der Waals surface area (Å²) in [5, 5.41) is 0. The quantitative estimate of drug-likeness (QED) is 0.455. The van der Waals surface area contributed by atoms with E-state index in [-0.39, 0.29) is 0 Å². The van der Waals surface area contributed by atoms with Crippen LogP contribution in [-0.4, -0.2) is 5.66 Å². The van der Waals surface area contributed by atoms with Crippen LogP contribution >= 0.6 is 9.24 Å². The van der Waals surface area contributed by atoms with Crippen LogP contribution in [0, 0.1) is 11.8 Å². The smallest absolute Gasteiger partial charge is 0.0230 e. The molecule has 2 aliphatic carbocycles. The average molecular weight is 114 g/mol. The summed E-state index contributed by atoms with van der Waals surface area (Å²) in [5.41, 5.74) is 1.02. The zero-order valence-corrected chi connectivity index (χ0v) is 5.59. The molecule has 0 N–H and O–H groups in total. The molecule has 2 rings (SSSR count). The zero-order valence-electron chi connectivity index (χ0n) is 4.43. The standard InChI is InChI=1S/C6H11P/c7-6-3-5(6)4-1-2-4/h4-6H,1-3,7H2. The largest absolute Gasteiger partial charge is 0.134 e. The van der Waals surface area contributed by atoms with Crippen molar-refractivity contribution < 1.29 is 0 Å². The highest BCUT2D eigenvalue weighted by Crippen LogP contribution is 2.53.